The molecule has 0 aliphatic heterocycles. The number of carbonyl (C=O) groups excluding carboxylic acids is 2. The second-order valence-corrected chi connectivity index (χ2v) is 13.1. The molecule has 1 unspecified atom stereocenters. The van der Waals surface area contributed by atoms with Crippen molar-refractivity contribution in [3.05, 3.63) is 100 Å². The SMILES string of the molecule is CC(C)(C)NC(=O)C(Cc1ccccc1)N(Cc1cccc(Cl)c1)C(=O)CN(c1cccc(Cl)c1)S(C)(=O)=O. The van der Waals surface area contributed by atoms with Gasteiger partial charge in [-0.3, -0.25) is 13.9 Å². The van der Waals surface area contributed by atoms with Gasteiger partial charge in [0.15, 0.2) is 0 Å². The summed E-state index contributed by atoms with van der Waals surface area (Å²) in [7, 11) is -3.87. The fourth-order valence-electron chi connectivity index (χ4n) is 4.08. The van der Waals surface area contributed by atoms with E-state index in [1.807, 2.05) is 51.1 Å². The van der Waals surface area contributed by atoms with E-state index in [0.29, 0.717) is 15.6 Å². The zero-order valence-corrected chi connectivity index (χ0v) is 24.7. The summed E-state index contributed by atoms with van der Waals surface area (Å²) in [6.45, 7) is 5.10. The van der Waals surface area contributed by atoms with Gasteiger partial charge in [0.2, 0.25) is 21.8 Å². The molecule has 0 aliphatic carbocycles. The average Bonchev–Trinajstić information content (AvgIpc) is 2.83. The summed E-state index contributed by atoms with van der Waals surface area (Å²) >= 11 is 12.3. The lowest BCUT2D eigenvalue weighted by molar-refractivity contribution is -0.140. The lowest BCUT2D eigenvalue weighted by atomic mass is 10.0. The fraction of sp³-hybridized carbons (Fsp3) is 0.310. The molecule has 0 heterocycles. The fourth-order valence-corrected chi connectivity index (χ4v) is 5.32. The minimum Gasteiger partial charge on any atom is -0.350 e. The molecule has 1 atom stereocenters. The van der Waals surface area contributed by atoms with Crippen LogP contribution >= 0.6 is 23.2 Å². The number of amides is 2. The van der Waals surface area contributed by atoms with Gasteiger partial charge in [-0.1, -0.05) is 71.7 Å². The van der Waals surface area contributed by atoms with Crippen molar-refractivity contribution in [3.63, 3.8) is 0 Å². The smallest absolute Gasteiger partial charge is 0.244 e. The lowest BCUT2D eigenvalue weighted by Gasteiger charge is -2.35. The van der Waals surface area contributed by atoms with E-state index >= 15 is 0 Å². The maximum absolute atomic E-state index is 14.0. The van der Waals surface area contributed by atoms with E-state index in [1.165, 1.54) is 11.0 Å². The summed E-state index contributed by atoms with van der Waals surface area (Å²) in [5, 5.41) is 3.80. The normalized spacial score (nSPS) is 12.5. The minimum absolute atomic E-state index is 0.0433. The second kappa shape index (κ2) is 12.9. The topological polar surface area (TPSA) is 86.8 Å². The Balaban J connectivity index is 2.08. The highest BCUT2D eigenvalue weighted by molar-refractivity contribution is 7.92. The Bertz CT molecular complexity index is 1410. The molecule has 0 fully saturated rings. The Morgan fingerprint density at radius 1 is 0.872 bits per heavy atom. The molecule has 0 aromatic heterocycles. The third-order valence-corrected chi connectivity index (χ3v) is 7.40. The van der Waals surface area contributed by atoms with Crippen LogP contribution in [0.3, 0.4) is 0 Å². The van der Waals surface area contributed by atoms with Crippen LogP contribution in [0.1, 0.15) is 31.9 Å². The lowest BCUT2D eigenvalue weighted by Crippen LogP contribution is -2.56. The predicted molar refractivity (Wildman–Crippen MR) is 157 cm³/mol. The maximum atomic E-state index is 14.0. The van der Waals surface area contributed by atoms with Crippen molar-refractivity contribution in [2.24, 2.45) is 0 Å². The Hall–Kier alpha value is -3.07. The highest BCUT2D eigenvalue weighted by Gasteiger charge is 2.34. The van der Waals surface area contributed by atoms with Crippen LogP contribution in [0.4, 0.5) is 5.69 Å². The number of halogens is 2. The summed E-state index contributed by atoms with van der Waals surface area (Å²) < 4.78 is 26.6. The van der Waals surface area contributed by atoms with E-state index in [1.54, 1.807) is 42.5 Å². The van der Waals surface area contributed by atoms with Crippen LogP contribution in [0.25, 0.3) is 0 Å². The number of nitrogens with one attached hydrogen (secondary N) is 1. The van der Waals surface area contributed by atoms with Gasteiger partial charge >= 0.3 is 0 Å². The zero-order valence-electron chi connectivity index (χ0n) is 22.4. The largest absolute Gasteiger partial charge is 0.350 e. The summed E-state index contributed by atoms with van der Waals surface area (Å²) in [6, 6.07) is 21.7. The van der Waals surface area contributed by atoms with Gasteiger partial charge in [0.05, 0.1) is 11.9 Å². The number of carbonyl (C=O) groups is 2. The molecule has 0 radical (unpaired) electrons. The summed E-state index contributed by atoms with van der Waals surface area (Å²) in [4.78, 5) is 29.1. The average molecular weight is 591 g/mol. The third-order valence-electron chi connectivity index (χ3n) is 5.79. The predicted octanol–water partition coefficient (Wildman–Crippen LogP) is 5.31. The van der Waals surface area contributed by atoms with Gasteiger partial charge in [0.1, 0.15) is 12.6 Å². The molecule has 7 nitrogen and oxygen atoms in total. The summed E-state index contributed by atoms with van der Waals surface area (Å²) in [5.74, 6) is -0.902. The summed E-state index contributed by atoms with van der Waals surface area (Å²) in [5.41, 5.74) is 1.24. The van der Waals surface area contributed by atoms with Crippen molar-refractivity contribution in [1.82, 2.24) is 10.2 Å². The summed E-state index contributed by atoms with van der Waals surface area (Å²) in [6.07, 6.45) is 1.25. The zero-order chi connectivity index (χ0) is 28.8. The van der Waals surface area contributed by atoms with Crippen molar-refractivity contribution in [1.29, 1.82) is 0 Å². The van der Waals surface area contributed by atoms with Crippen LogP contribution < -0.4 is 9.62 Å². The maximum Gasteiger partial charge on any atom is 0.244 e. The number of anilines is 1. The number of benzene rings is 3. The molecule has 0 aliphatic rings. The second-order valence-electron chi connectivity index (χ2n) is 10.3. The molecule has 3 rings (SSSR count). The van der Waals surface area contributed by atoms with Crippen LogP contribution in [-0.2, 0) is 32.6 Å². The molecule has 10 heteroatoms. The number of hydrogen-bond donors (Lipinski definition) is 1. The van der Waals surface area contributed by atoms with E-state index in [9.17, 15) is 18.0 Å². The van der Waals surface area contributed by atoms with Crippen LogP contribution in [0.15, 0.2) is 78.9 Å². The highest BCUT2D eigenvalue weighted by atomic mass is 35.5. The Kier molecular flexibility index (Phi) is 10.0. The highest BCUT2D eigenvalue weighted by Crippen LogP contribution is 2.24. The molecule has 3 aromatic carbocycles. The van der Waals surface area contributed by atoms with Gasteiger partial charge in [-0.2, -0.15) is 0 Å². The Morgan fingerprint density at radius 3 is 2.03 bits per heavy atom. The molecule has 39 heavy (non-hydrogen) atoms. The van der Waals surface area contributed by atoms with Gasteiger partial charge in [-0.05, 0) is 62.2 Å². The van der Waals surface area contributed by atoms with E-state index in [-0.39, 0.29) is 24.6 Å². The van der Waals surface area contributed by atoms with Crippen molar-refractivity contribution in [2.75, 3.05) is 17.1 Å². The van der Waals surface area contributed by atoms with E-state index < -0.39 is 34.1 Å². The molecule has 1 N–H and O–H groups in total. The molecule has 0 spiro atoms. The number of nitrogens with zero attached hydrogens (tertiary/aromatic N) is 2. The molecule has 0 bridgehead atoms. The number of hydrogen-bond acceptors (Lipinski definition) is 4. The van der Waals surface area contributed by atoms with Gasteiger partial charge in [0.25, 0.3) is 0 Å². The molecule has 3 aromatic rings. The molecular formula is C29H33Cl2N3O4S. The molecule has 0 saturated carbocycles. The van der Waals surface area contributed by atoms with Gasteiger partial charge < -0.3 is 10.2 Å². The van der Waals surface area contributed by atoms with E-state index in [0.717, 1.165) is 16.1 Å². The van der Waals surface area contributed by atoms with Crippen molar-refractivity contribution in [2.45, 2.75) is 45.3 Å². The minimum atomic E-state index is -3.87. The quantitative estimate of drug-likeness (QED) is 0.347. The van der Waals surface area contributed by atoms with E-state index in [2.05, 4.69) is 5.32 Å². The van der Waals surface area contributed by atoms with Gasteiger partial charge in [-0.25, -0.2) is 8.42 Å². The first-order valence-electron chi connectivity index (χ1n) is 12.4. The molecule has 0 saturated heterocycles. The van der Waals surface area contributed by atoms with Crippen LogP contribution in [0, 0.1) is 0 Å². The molecule has 208 valence electrons. The first-order valence-corrected chi connectivity index (χ1v) is 15.0. The van der Waals surface area contributed by atoms with Crippen LogP contribution in [0.2, 0.25) is 10.0 Å². The number of sulfonamides is 1. The number of rotatable bonds is 10. The third kappa shape index (κ3) is 9.27. The Morgan fingerprint density at radius 2 is 1.46 bits per heavy atom. The van der Waals surface area contributed by atoms with Crippen LogP contribution in [0.5, 0.6) is 0 Å². The van der Waals surface area contributed by atoms with Crippen molar-refractivity contribution >= 4 is 50.7 Å². The Labute approximate surface area is 240 Å². The van der Waals surface area contributed by atoms with Crippen LogP contribution in [-0.4, -0.2) is 49.5 Å². The van der Waals surface area contributed by atoms with E-state index in [4.69, 9.17) is 23.2 Å². The molecular weight excluding hydrogens is 557 g/mol. The first-order chi connectivity index (χ1) is 18.2. The van der Waals surface area contributed by atoms with Crippen molar-refractivity contribution in [3.8, 4) is 0 Å². The molecule has 2 amide bonds. The monoisotopic (exact) mass is 589 g/mol. The van der Waals surface area contributed by atoms with Crippen molar-refractivity contribution < 1.29 is 18.0 Å². The first kappa shape index (κ1) is 30.5. The van der Waals surface area contributed by atoms with Gasteiger partial charge in [0, 0.05) is 28.5 Å². The standard InChI is InChI=1S/C29H33Cl2N3O4S/c1-29(2,3)32-28(36)26(17-21-10-6-5-7-11-21)33(19-22-12-8-13-23(30)16-22)27(35)20-34(39(4,37)38)25-15-9-14-24(31)18-25/h5-16,18,26H,17,19-20H2,1-4H3,(H,32,36). The van der Waals surface area contributed by atoms with Gasteiger partial charge in [-0.15, -0.1) is 0 Å².